The van der Waals surface area contributed by atoms with E-state index < -0.39 is 5.97 Å². The molecule has 26 heavy (non-hydrogen) atoms. The van der Waals surface area contributed by atoms with Crippen molar-refractivity contribution in [2.75, 3.05) is 13.2 Å². The number of amides is 1. The minimum Gasteiger partial charge on any atom is -0.451 e. The summed E-state index contributed by atoms with van der Waals surface area (Å²) in [6.45, 7) is 2.21. The van der Waals surface area contributed by atoms with Gasteiger partial charge in [0, 0.05) is 18.0 Å². The van der Waals surface area contributed by atoms with E-state index in [1.807, 2.05) is 6.92 Å². The van der Waals surface area contributed by atoms with Crippen LogP contribution in [-0.2, 0) is 9.53 Å². The fraction of sp³-hybridized carbons (Fsp3) is 0.474. The monoisotopic (exact) mass is 357 g/mol. The van der Waals surface area contributed by atoms with Gasteiger partial charge in [-0.15, -0.1) is 0 Å². The first kappa shape index (κ1) is 18.1. The standard InChI is InChI=1S/C19H23N3O4/c1-2-22(13-8-4-3-5-9-13)16(23)12-26-19(25)17-14-10-6-7-11-15(14)18(24)21-20-17/h6-7,10-11,13H,2-5,8-9,12H2,1H3,(H,21,24). The predicted octanol–water partition coefficient (Wildman–Crippen LogP) is 2.26. The number of carbonyl (C=O) groups excluding carboxylic acids is 2. The number of fused-ring (bicyclic) bond motifs is 1. The number of nitrogens with zero attached hydrogens (tertiary/aromatic N) is 2. The summed E-state index contributed by atoms with van der Waals surface area (Å²) in [6.07, 6.45) is 5.46. The number of H-pyrrole nitrogens is 1. The lowest BCUT2D eigenvalue weighted by Crippen LogP contribution is -2.43. The molecule has 0 bridgehead atoms. The molecule has 0 spiro atoms. The maximum Gasteiger partial charge on any atom is 0.359 e. The van der Waals surface area contributed by atoms with E-state index >= 15 is 0 Å². The van der Waals surface area contributed by atoms with E-state index in [2.05, 4.69) is 10.2 Å². The highest BCUT2D eigenvalue weighted by Crippen LogP contribution is 2.22. The maximum atomic E-state index is 12.5. The van der Waals surface area contributed by atoms with Crippen molar-refractivity contribution in [3.05, 3.63) is 40.3 Å². The van der Waals surface area contributed by atoms with E-state index in [1.165, 1.54) is 6.42 Å². The van der Waals surface area contributed by atoms with E-state index in [0.717, 1.165) is 25.7 Å². The number of benzene rings is 1. The molecule has 138 valence electrons. The van der Waals surface area contributed by atoms with Crippen LogP contribution < -0.4 is 5.56 Å². The van der Waals surface area contributed by atoms with Gasteiger partial charge in [0.2, 0.25) is 0 Å². The fourth-order valence-electron chi connectivity index (χ4n) is 3.58. The first-order valence-corrected chi connectivity index (χ1v) is 9.05. The lowest BCUT2D eigenvalue weighted by Gasteiger charge is -2.33. The third-order valence-electron chi connectivity index (χ3n) is 4.89. The third kappa shape index (κ3) is 3.76. The van der Waals surface area contributed by atoms with Gasteiger partial charge in [0.15, 0.2) is 12.3 Å². The predicted molar refractivity (Wildman–Crippen MR) is 96.9 cm³/mol. The van der Waals surface area contributed by atoms with Crippen LogP contribution in [-0.4, -0.2) is 46.2 Å². The number of ether oxygens (including phenoxy) is 1. The van der Waals surface area contributed by atoms with E-state index in [9.17, 15) is 14.4 Å². The van der Waals surface area contributed by atoms with Crippen molar-refractivity contribution in [1.29, 1.82) is 0 Å². The lowest BCUT2D eigenvalue weighted by molar-refractivity contribution is -0.137. The van der Waals surface area contributed by atoms with Crippen LogP contribution >= 0.6 is 0 Å². The van der Waals surface area contributed by atoms with Crippen molar-refractivity contribution in [2.45, 2.75) is 45.1 Å². The molecular weight excluding hydrogens is 334 g/mol. The highest BCUT2D eigenvalue weighted by Gasteiger charge is 2.25. The molecular formula is C19H23N3O4. The van der Waals surface area contributed by atoms with Crippen LogP contribution in [0.25, 0.3) is 10.8 Å². The molecule has 1 fully saturated rings. The number of hydrogen-bond donors (Lipinski definition) is 1. The van der Waals surface area contributed by atoms with Crippen molar-refractivity contribution in [3.63, 3.8) is 0 Å². The SMILES string of the molecule is CCN(C(=O)COC(=O)c1n[nH]c(=O)c2ccccc12)C1CCCCC1. The molecule has 1 N–H and O–H groups in total. The van der Waals surface area contributed by atoms with Crippen LogP contribution in [0.3, 0.4) is 0 Å². The summed E-state index contributed by atoms with van der Waals surface area (Å²) in [5.74, 6) is -0.910. The smallest absolute Gasteiger partial charge is 0.359 e. The molecule has 0 unspecified atom stereocenters. The summed E-state index contributed by atoms with van der Waals surface area (Å²) < 4.78 is 5.20. The number of likely N-dealkylation sites (N-methyl/N-ethyl adjacent to an activating group) is 1. The molecule has 3 rings (SSSR count). The van der Waals surface area contributed by atoms with Crippen molar-refractivity contribution in [1.82, 2.24) is 15.1 Å². The number of aromatic nitrogens is 2. The van der Waals surface area contributed by atoms with Gasteiger partial charge >= 0.3 is 5.97 Å². The van der Waals surface area contributed by atoms with Crippen LogP contribution in [0.5, 0.6) is 0 Å². The Morgan fingerprint density at radius 2 is 1.88 bits per heavy atom. The van der Waals surface area contributed by atoms with Gasteiger partial charge in [-0.25, -0.2) is 9.89 Å². The van der Waals surface area contributed by atoms with E-state index in [0.29, 0.717) is 17.3 Å². The minimum atomic E-state index is -0.717. The molecule has 0 aliphatic heterocycles. The van der Waals surface area contributed by atoms with Gasteiger partial charge in [-0.2, -0.15) is 5.10 Å². The first-order valence-electron chi connectivity index (χ1n) is 9.05. The number of carbonyl (C=O) groups is 2. The fourth-order valence-corrected chi connectivity index (χ4v) is 3.58. The summed E-state index contributed by atoms with van der Waals surface area (Å²) >= 11 is 0. The quantitative estimate of drug-likeness (QED) is 0.829. The number of nitrogens with one attached hydrogen (secondary N) is 1. The average Bonchev–Trinajstić information content (AvgIpc) is 2.68. The van der Waals surface area contributed by atoms with Crippen molar-refractivity contribution >= 4 is 22.6 Å². The Kier molecular flexibility index (Phi) is 5.65. The van der Waals surface area contributed by atoms with E-state index in [1.54, 1.807) is 29.2 Å². The number of hydrogen-bond acceptors (Lipinski definition) is 5. The van der Waals surface area contributed by atoms with Gasteiger partial charge in [-0.1, -0.05) is 37.5 Å². The maximum absolute atomic E-state index is 12.5. The Balaban J connectivity index is 1.69. The zero-order valence-electron chi connectivity index (χ0n) is 14.9. The molecule has 1 aromatic heterocycles. The Morgan fingerprint density at radius 3 is 2.58 bits per heavy atom. The van der Waals surface area contributed by atoms with Crippen LogP contribution in [0.4, 0.5) is 0 Å². The van der Waals surface area contributed by atoms with Gasteiger partial charge in [0.1, 0.15) is 0 Å². The number of rotatable bonds is 5. The Labute approximate surface area is 151 Å². The molecule has 0 radical (unpaired) electrons. The van der Waals surface area contributed by atoms with Crippen molar-refractivity contribution < 1.29 is 14.3 Å². The molecule has 1 aliphatic carbocycles. The highest BCUT2D eigenvalue weighted by atomic mass is 16.5. The van der Waals surface area contributed by atoms with Crippen molar-refractivity contribution in [3.8, 4) is 0 Å². The summed E-state index contributed by atoms with van der Waals surface area (Å²) in [7, 11) is 0. The van der Waals surface area contributed by atoms with E-state index in [-0.39, 0.29) is 29.8 Å². The topological polar surface area (TPSA) is 92.4 Å². The van der Waals surface area contributed by atoms with Gasteiger partial charge in [-0.05, 0) is 25.8 Å². The number of esters is 1. The van der Waals surface area contributed by atoms with Gasteiger partial charge in [0.05, 0.1) is 5.39 Å². The molecule has 1 aliphatic rings. The zero-order chi connectivity index (χ0) is 18.5. The molecule has 1 amide bonds. The van der Waals surface area contributed by atoms with Gasteiger partial charge in [0.25, 0.3) is 11.5 Å². The third-order valence-corrected chi connectivity index (χ3v) is 4.89. The van der Waals surface area contributed by atoms with Crippen LogP contribution in [0.1, 0.15) is 49.5 Å². The molecule has 7 heteroatoms. The molecule has 1 saturated carbocycles. The van der Waals surface area contributed by atoms with Gasteiger partial charge in [-0.3, -0.25) is 9.59 Å². The van der Waals surface area contributed by atoms with E-state index in [4.69, 9.17) is 4.74 Å². The van der Waals surface area contributed by atoms with Crippen LogP contribution in [0, 0.1) is 0 Å². The number of aromatic amines is 1. The molecule has 0 atom stereocenters. The lowest BCUT2D eigenvalue weighted by atomic mass is 9.94. The second-order valence-corrected chi connectivity index (χ2v) is 6.49. The second-order valence-electron chi connectivity index (χ2n) is 6.49. The zero-order valence-corrected chi connectivity index (χ0v) is 14.9. The Bertz CT molecular complexity index is 855. The van der Waals surface area contributed by atoms with Crippen molar-refractivity contribution in [2.24, 2.45) is 0 Å². The highest BCUT2D eigenvalue weighted by molar-refractivity contribution is 6.02. The Hall–Kier alpha value is -2.70. The largest absolute Gasteiger partial charge is 0.451 e. The average molecular weight is 357 g/mol. The molecule has 7 nitrogen and oxygen atoms in total. The molecule has 2 aromatic rings. The van der Waals surface area contributed by atoms with Gasteiger partial charge < -0.3 is 9.64 Å². The summed E-state index contributed by atoms with van der Waals surface area (Å²) in [6, 6.07) is 6.90. The van der Waals surface area contributed by atoms with Crippen LogP contribution in [0.15, 0.2) is 29.1 Å². The normalized spacial score (nSPS) is 15.0. The summed E-state index contributed by atoms with van der Waals surface area (Å²) in [5.41, 5.74) is -0.364. The first-order chi connectivity index (χ1) is 12.6. The summed E-state index contributed by atoms with van der Waals surface area (Å²) in [4.78, 5) is 38.5. The van der Waals surface area contributed by atoms with Crippen LogP contribution in [0.2, 0.25) is 0 Å². The second kappa shape index (κ2) is 8.12. The molecule has 0 saturated heterocycles. The Morgan fingerprint density at radius 1 is 1.19 bits per heavy atom. The summed E-state index contributed by atoms with van der Waals surface area (Å²) in [5, 5.41) is 6.87. The molecule has 1 aromatic carbocycles. The minimum absolute atomic E-state index is 0.00807. The molecule has 1 heterocycles.